The summed E-state index contributed by atoms with van der Waals surface area (Å²) >= 11 is 0. The molecule has 0 amide bonds. The zero-order chi connectivity index (χ0) is 16.1. The van der Waals surface area contributed by atoms with Crippen LogP contribution in [0.3, 0.4) is 0 Å². The van der Waals surface area contributed by atoms with Crippen LogP contribution in [0.25, 0.3) is 0 Å². The van der Waals surface area contributed by atoms with Gasteiger partial charge in [0.2, 0.25) is 10.0 Å². The fraction of sp³-hybridized carbons (Fsp3) is 0.562. The molecule has 2 bridgehead atoms. The molecular formula is C16H21NO4S. The van der Waals surface area contributed by atoms with Gasteiger partial charge in [0.15, 0.2) is 0 Å². The highest BCUT2D eigenvalue weighted by atomic mass is 32.2. The normalized spacial score (nSPS) is 27.7. The van der Waals surface area contributed by atoms with Crippen molar-refractivity contribution < 1.29 is 18.3 Å². The second-order valence-electron chi connectivity index (χ2n) is 7.23. The van der Waals surface area contributed by atoms with Gasteiger partial charge < -0.3 is 5.11 Å². The summed E-state index contributed by atoms with van der Waals surface area (Å²) in [6.07, 6.45) is 2.89. The van der Waals surface area contributed by atoms with E-state index in [0.29, 0.717) is 12.5 Å². The summed E-state index contributed by atoms with van der Waals surface area (Å²) in [5.41, 5.74) is 0.283. The number of aromatic carboxylic acids is 1. The number of nitrogens with zero attached hydrogens (tertiary/aromatic N) is 1. The zero-order valence-electron chi connectivity index (χ0n) is 12.8. The van der Waals surface area contributed by atoms with Crippen LogP contribution in [-0.4, -0.2) is 36.4 Å². The number of carboxylic acids is 1. The summed E-state index contributed by atoms with van der Waals surface area (Å²) in [6, 6.07) is 5.55. The van der Waals surface area contributed by atoms with Gasteiger partial charge in [0.25, 0.3) is 0 Å². The Morgan fingerprint density at radius 3 is 2.45 bits per heavy atom. The molecule has 2 fully saturated rings. The lowest BCUT2D eigenvalue weighted by Crippen LogP contribution is -2.37. The molecule has 5 nitrogen and oxygen atoms in total. The number of hydrogen-bond donors (Lipinski definition) is 1. The van der Waals surface area contributed by atoms with E-state index in [-0.39, 0.29) is 21.9 Å². The molecule has 22 heavy (non-hydrogen) atoms. The van der Waals surface area contributed by atoms with E-state index in [1.165, 1.54) is 24.3 Å². The Balaban J connectivity index is 1.89. The van der Waals surface area contributed by atoms with E-state index < -0.39 is 16.0 Å². The Hall–Kier alpha value is -1.40. The van der Waals surface area contributed by atoms with Crippen molar-refractivity contribution in [3.05, 3.63) is 29.8 Å². The van der Waals surface area contributed by atoms with E-state index in [0.717, 1.165) is 19.3 Å². The van der Waals surface area contributed by atoms with Gasteiger partial charge in [-0.1, -0.05) is 13.8 Å². The second kappa shape index (κ2) is 5.06. The van der Waals surface area contributed by atoms with Crippen LogP contribution < -0.4 is 0 Å². The van der Waals surface area contributed by atoms with Crippen molar-refractivity contribution in [3.8, 4) is 0 Å². The van der Waals surface area contributed by atoms with Gasteiger partial charge in [-0.25, -0.2) is 13.2 Å². The van der Waals surface area contributed by atoms with Gasteiger partial charge in [0.05, 0.1) is 10.5 Å². The van der Waals surface area contributed by atoms with E-state index >= 15 is 0 Å². The van der Waals surface area contributed by atoms with Gasteiger partial charge in [0.1, 0.15) is 0 Å². The van der Waals surface area contributed by atoms with Crippen LogP contribution in [0.4, 0.5) is 0 Å². The highest BCUT2D eigenvalue weighted by molar-refractivity contribution is 7.89. The van der Waals surface area contributed by atoms with Crippen molar-refractivity contribution in [2.75, 3.05) is 6.54 Å². The lowest BCUT2D eigenvalue weighted by molar-refractivity contribution is 0.0696. The maximum absolute atomic E-state index is 12.8. The second-order valence-corrected chi connectivity index (χ2v) is 9.12. The third-order valence-electron chi connectivity index (χ3n) is 4.79. The molecule has 1 aromatic rings. The summed E-state index contributed by atoms with van der Waals surface area (Å²) in [5.74, 6) is -0.621. The highest BCUT2D eigenvalue weighted by Gasteiger charge is 2.47. The van der Waals surface area contributed by atoms with Crippen LogP contribution in [-0.2, 0) is 10.0 Å². The summed E-state index contributed by atoms with van der Waals surface area (Å²) in [7, 11) is -3.55. The highest BCUT2D eigenvalue weighted by Crippen LogP contribution is 2.46. The molecule has 1 N–H and O–H groups in total. The van der Waals surface area contributed by atoms with Gasteiger partial charge in [-0.15, -0.1) is 0 Å². The Labute approximate surface area is 131 Å². The molecule has 0 spiro atoms. The van der Waals surface area contributed by atoms with E-state index in [4.69, 9.17) is 5.11 Å². The predicted octanol–water partition coefficient (Wildman–Crippen LogP) is 2.58. The molecule has 120 valence electrons. The minimum atomic E-state index is -3.55. The summed E-state index contributed by atoms with van der Waals surface area (Å²) in [4.78, 5) is 11.1. The number of sulfonamides is 1. The van der Waals surface area contributed by atoms with Crippen molar-refractivity contribution in [1.82, 2.24) is 4.31 Å². The standard InChI is InChI=1S/C16H21NO4S/c1-16(2)8-11-7-13(9-16)17(10-11)22(20,21)14-5-3-12(4-6-14)15(18)19/h3-6,11,13H,7-10H2,1-2H3,(H,18,19)/t11-,13+/m0/s1. The fourth-order valence-electron chi connectivity index (χ4n) is 4.02. The van der Waals surface area contributed by atoms with Crippen LogP contribution in [0.15, 0.2) is 29.2 Å². The summed E-state index contributed by atoms with van der Waals surface area (Å²) in [6.45, 7) is 4.98. The molecule has 1 heterocycles. The Kier molecular flexibility index (Phi) is 3.57. The van der Waals surface area contributed by atoms with Crippen molar-refractivity contribution >= 4 is 16.0 Å². The maximum Gasteiger partial charge on any atom is 0.335 e. The van der Waals surface area contributed by atoms with Gasteiger partial charge >= 0.3 is 5.97 Å². The van der Waals surface area contributed by atoms with Gasteiger partial charge in [-0.3, -0.25) is 0 Å². The quantitative estimate of drug-likeness (QED) is 0.928. The van der Waals surface area contributed by atoms with Gasteiger partial charge in [0, 0.05) is 12.6 Å². The number of hydrogen-bond acceptors (Lipinski definition) is 3. The minimum Gasteiger partial charge on any atom is -0.478 e. The molecule has 0 aromatic heterocycles. The monoisotopic (exact) mass is 323 g/mol. The van der Waals surface area contributed by atoms with Crippen molar-refractivity contribution in [3.63, 3.8) is 0 Å². The van der Waals surface area contributed by atoms with Gasteiger partial charge in [-0.05, 0) is 54.9 Å². The number of rotatable bonds is 3. The molecule has 2 aliphatic rings. The molecule has 2 atom stereocenters. The zero-order valence-corrected chi connectivity index (χ0v) is 13.6. The molecule has 0 radical (unpaired) electrons. The van der Waals surface area contributed by atoms with Crippen LogP contribution in [0, 0.1) is 11.3 Å². The maximum atomic E-state index is 12.8. The molecule has 3 rings (SSSR count). The number of fused-ring (bicyclic) bond motifs is 2. The third-order valence-corrected chi connectivity index (χ3v) is 6.72. The average Bonchev–Trinajstić information content (AvgIpc) is 2.74. The number of carboxylic acid groups (broad SMARTS) is 1. The van der Waals surface area contributed by atoms with Crippen LogP contribution in [0.5, 0.6) is 0 Å². The van der Waals surface area contributed by atoms with E-state index in [1.807, 2.05) is 0 Å². The first-order chi connectivity index (χ1) is 10.2. The van der Waals surface area contributed by atoms with Crippen LogP contribution in [0.1, 0.15) is 43.5 Å². The molecule has 1 aliphatic heterocycles. The predicted molar refractivity (Wildman–Crippen MR) is 82.2 cm³/mol. The Bertz CT molecular complexity index is 693. The molecular weight excluding hydrogens is 302 g/mol. The molecule has 0 unspecified atom stereocenters. The molecule has 6 heteroatoms. The first-order valence-corrected chi connectivity index (χ1v) is 8.98. The lowest BCUT2D eigenvalue weighted by Gasteiger charge is -2.34. The summed E-state index contributed by atoms with van der Waals surface area (Å²) in [5, 5.41) is 8.91. The van der Waals surface area contributed by atoms with Crippen LogP contribution in [0.2, 0.25) is 0 Å². The molecule has 1 aliphatic carbocycles. The average molecular weight is 323 g/mol. The van der Waals surface area contributed by atoms with E-state index in [1.54, 1.807) is 4.31 Å². The van der Waals surface area contributed by atoms with Crippen molar-refractivity contribution in [2.24, 2.45) is 11.3 Å². The topological polar surface area (TPSA) is 74.7 Å². The molecule has 1 saturated carbocycles. The largest absolute Gasteiger partial charge is 0.478 e. The van der Waals surface area contributed by atoms with Gasteiger partial charge in [-0.2, -0.15) is 4.31 Å². The fourth-order valence-corrected chi connectivity index (χ4v) is 5.73. The van der Waals surface area contributed by atoms with E-state index in [2.05, 4.69) is 13.8 Å². The van der Waals surface area contributed by atoms with Crippen molar-refractivity contribution in [1.29, 1.82) is 0 Å². The number of carbonyl (C=O) groups is 1. The lowest BCUT2D eigenvalue weighted by atomic mass is 9.72. The minimum absolute atomic E-state index is 0.0675. The van der Waals surface area contributed by atoms with Crippen LogP contribution >= 0.6 is 0 Å². The molecule has 1 aromatic carbocycles. The molecule has 1 saturated heterocycles. The smallest absolute Gasteiger partial charge is 0.335 e. The third kappa shape index (κ3) is 2.65. The first-order valence-electron chi connectivity index (χ1n) is 7.54. The van der Waals surface area contributed by atoms with Crippen molar-refractivity contribution in [2.45, 2.75) is 44.0 Å². The number of benzene rings is 1. The Morgan fingerprint density at radius 2 is 1.86 bits per heavy atom. The van der Waals surface area contributed by atoms with E-state index in [9.17, 15) is 13.2 Å². The first kappa shape index (κ1) is 15.5. The summed E-state index contributed by atoms with van der Waals surface area (Å²) < 4.78 is 27.3. The SMILES string of the molecule is CC1(C)C[C@@H]2C[C@H](C1)N(S(=O)(=O)c1ccc(C(=O)O)cc1)C2. The Morgan fingerprint density at radius 1 is 1.23 bits per heavy atom.